The van der Waals surface area contributed by atoms with Crippen molar-refractivity contribution < 1.29 is 49.8 Å². The normalized spacial score (nSPS) is 23.7. The minimum atomic E-state index is -4.69. The van der Waals surface area contributed by atoms with E-state index in [1.807, 2.05) is 41.5 Å². The molecule has 0 amide bonds. The van der Waals surface area contributed by atoms with Gasteiger partial charge in [0, 0.05) is 39.5 Å². The van der Waals surface area contributed by atoms with E-state index in [-0.39, 0.29) is 58.6 Å². The van der Waals surface area contributed by atoms with E-state index >= 15 is 0 Å². The van der Waals surface area contributed by atoms with Gasteiger partial charge in [0.2, 0.25) is 0 Å². The van der Waals surface area contributed by atoms with E-state index in [0.717, 1.165) is 6.07 Å². The van der Waals surface area contributed by atoms with Crippen molar-refractivity contribution in [3.8, 4) is 22.6 Å². The summed E-state index contributed by atoms with van der Waals surface area (Å²) < 4.78 is 108. The lowest BCUT2D eigenvalue weighted by molar-refractivity contribution is -0.137. The SMILES string of the molecule is Cc1ccc(-c2cc3ccc(OC4(C)CC(C)(C)C(O)C4(C)CC(C)(C)Oc4ccc5cc(C6=C(C(F)(F)F)CC(C)CC6)c(=O)oc5c4)cc3oc2=O)c(C(F)(F)F)c1. The molecule has 7 nitrogen and oxygen atoms in total. The molecule has 60 heavy (non-hydrogen) atoms. The van der Waals surface area contributed by atoms with Crippen LogP contribution in [0.25, 0.3) is 38.6 Å². The van der Waals surface area contributed by atoms with Crippen LogP contribution < -0.4 is 20.7 Å². The number of fused-ring (bicyclic) bond motifs is 2. The molecule has 4 unspecified atom stereocenters. The summed E-state index contributed by atoms with van der Waals surface area (Å²) in [5.74, 6) is 0.487. The Morgan fingerprint density at radius 1 is 0.767 bits per heavy atom. The van der Waals surface area contributed by atoms with Gasteiger partial charge in [0.1, 0.15) is 33.9 Å². The Labute approximate surface area is 343 Å². The Morgan fingerprint density at radius 3 is 1.97 bits per heavy atom. The van der Waals surface area contributed by atoms with E-state index in [0.29, 0.717) is 40.7 Å². The molecule has 320 valence electrons. The second kappa shape index (κ2) is 14.6. The molecular formula is C47H48F6O7. The van der Waals surface area contributed by atoms with Crippen LogP contribution in [-0.4, -0.2) is 28.6 Å². The first-order valence-corrected chi connectivity index (χ1v) is 19.9. The molecule has 1 N–H and O–H groups in total. The largest absolute Gasteiger partial charge is 0.488 e. The number of halogens is 6. The van der Waals surface area contributed by atoms with Crippen molar-refractivity contribution in [2.24, 2.45) is 16.7 Å². The average Bonchev–Trinajstić information content (AvgIpc) is 3.25. The maximum absolute atomic E-state index is 14.0. The van der Waals surface area contributed by atoms with Crippen LogP contribution in [0.1, 0.15) is 97.3 Å². The van der Waals surface area contributed by atoms with Gasteiger partial charge < -0.3 is 23.4 Å². The third kappa shape index (κ3) is 7.97. The highest BCUT2D eigenvalue weighted by molar-refractivity contribution is 5.84. The van der Waals surface area contributed by atoms with Crippen LogP contribution in [0.2, 0.25) is 0 Å². The number of aliphatic hydroxyl groups is 1. The molecule has 1 saturated carbocycles. The molecule has 0 radical (unpaired) electrons. The highest BCUT2D eigenvalue weighted by atomic mass is 19.4. The van der Waals surface area contributed by atoms with Gasteiger partial charge in [-0.3, -0.25) is 0 Å². The highest BCUT2D eigenvalue weighted by Gasteiger charge is 2.65. The van der Waals surface area contributed by atoms with Crippen LogP contribution in [0.15, 0.2) is 90.7 Å². The van der Waals surface area contributed by atoms with Crippen molar-refractivity contribution in [1.82, 2.24) is 0 Å². The standard InChI is InChI=1S/C47H48F6O7/c1-25-9-15-31(35(17-25)46(48,49)50)33-19-27-11-13-29(21-37(27)57-39(33)54)59-43(5,6)24-44(7)41(56)42(3,4)23-45(44,8)60-30-14-12-28-20-34(40(55)58-38(28)22-30)32-16-10-26(2)18-36(32)47(51,52)53/h10-14,16,18-22,25,41,56H,9,15,17,23-24H2,1-8H3. The first kappa shape index (κ1) is 43.1. The van der Waals surface area contributed by atoms with Crippen molar-refractivity contribution in [2.75, 3.05) is 0 Å². The smallest absolute Gasteiger partial charge is 0.417 e. The van der Waals surface area contributed by atoms with Gasteiger partial charge in [-0.05, 0) is 119 Å². The van der Waals surface area contributed by atoms with Gasteiger partial charge in [0.15, 0.2) is 0 Å². The Morgan fingerprint density at radius 2 is 1.35 bits per heavy atom. The molecule has 13 heteroatoms. The number of rotatable bonds is 8. The third-order valence-electron chi connectivity index (χ3n) is 12.5. The Kier molecular flexibility index (Phi) is 10.4. The van der Waals surface area contributed by atoms with E-state index in [1.54, 1.807) is 31.2 Å². The third-order valence-corrected chi connectivity index (χ3v) is 12.5. The monoisotopic (exact) mass is 838 g/mol. The van der Waals surface area contributed by atoms with Crippen LogP contribution in [0.3, 0.4) is 0 Å². The zero-order valence-corrected chi connectivity index (χ0v) is 34.7. The number of allylic oxidation sites excluding steroid dienone is 2. The maximum atomic E-state index is 14.0. The zero-order chi connectivity index (χ0) is 44.0. The molecule has 0 bridgehead atoms. The van der Waals surface area contributed by atoms with Crippen molar-refractivity contribution in [1.29, 1.82) is 0 Å². The van der Waals surface area contributed by atoms with Crippen molar-refractivity contribution in [3.05, 3.63) is 110 Å². The molecular weight excluding hydrogens is 790 g/mol. The Balaban J connectivity index is 1.16. The lowest BCUT2D eigenvalue weighted by Crippen LogP contribution is -2.53. The molecule has 4 atom stereocenters. The summed E-state index contributed by atoms with van der Waals surface area (Å²) in [7, 11) is 0. The van der Waals surface area contributed by atoms with Crippen LogP contribution in [0.5, 0.6) is 11.5 Å². The molecule has 0 saturated heterocycles. The topological polar surface area (TPSA) is 99.1 Å². The van der Waals surface area contributed by atoms with Gasteiger partial charge in [-0.1, -0.05) is 45.4 Å². The molecule has 5 aromatic rings. The molecule has 3 aromatic carbocycles. The van der Waals surface area contributed by atoms with Crippen LogP contribution in [-0.2, 0) is 6.18 Å². The lowest BCUT2D eigenvalue weighted by Gasteiger charge is -2.46. The first-order chi connectivity index (χ1) is 27.7. The van der Waals surface area contributed by atoms with Crippen molar-refractivity contribution in [2.45, 2.75) is 117 Å². The maximum Gasteiger partial charge on any atom is 0.417 e. The van der Waals surface area contributed by atoms with Crippen molar-refractivity contribution >= 4 is 27.5 Å². The second-order valence-corrected chi connectivity index (χ2v) is 18.5. The zero-order valence-electron chi connectivity index (χ0n) is 34.7. The number of benzene rings is 3. The second-order valence-electron chi connectivity index (χ2n) is 18.5. The fourth-order valence-electron chi connectivity index (χ4n) is 9.79. The number of hydrogen-bond donors (Lipinski definition) is 1. The van der Waals surface area contributed by atoms with Crippen LogP contribution in [0.4, 0.5) is 26.3 Å². The van der Waals surface area contributed by atoms with Crippen molar-refractivity contribution in [3.63, 3.8) is 0 Å². The predicted octanol–water partition coefficient (Wildman–Crippen LogP) is 12.2. The number of aliphatic hydroxyl groups excluding tert-OH is 1. The fraction of sp³-hybridized carbons (Fsp3) is 0.447. The van der Waals surface area contributed by atoms with Gasteiger partial charge in [0.25, 0.3) is 0 Å². The molecule has 0 aliphatic heterocycles. The van der Waals surface area contributed by atoms with E-state index < -0.39 is 62.9 Å². The molecule has 2 heterocycles. The van der Waals surface area contributed by atoms with E-state index in [9.17, 15) is 41.0 Å². The Hall–Kier alpha value is -5.04. The average molecular weight is 839 g/mol. The lowest BCUT2D eigenvalue weighted by atomic mass is 9.68. The molecule has 2 aliphatic carbocycles. The number of hydrogen-bond acceptors (Lipinski definition) is 7. The van der Waals surface area contributed by atoms with E-state index in [1.165, 1.54) is 43.3 Å². The molecule has 2 aliphatic rings. The highest BCUT2D eigenvalue weighted by Crippen LogP contribution is 2.60. The fourth-order valence-corrected chi connectivity index (χ4v) is 9.79. The van der Waals surface area contributed by atoms with E-state index in [2.05, 4.69) is 0 Å². The molecule has 7 rings (SSSR count). The molecule has 2 aromatic heterocycles. The Bertz CT molecular complexity index is 2650. The summed E-state index contributed by atoms with van der Waals surface area (Å²) in [5, 5.41) is 12.8. The van der Waals surface area contributed by atoms with Gasteiger partial charge in [0.05, 0.1) is 22.8 Å². The summed E-state index contributed by atoms with van der Waals surface area (Å²) in [5.41, 5.74) is -7.06. The summed E-state index contributed by atoms with van der Waals surface area (Å²) in [6, 6.07) is 16.1. The van der Waals surface area contributed by atoms with E-state index in [4.69, 9.17) is 18.3 Å². The van der Waals surface area contributed by atoms with Gasteiger partial charge in [-0.25, -0.2) is 9.59 Å². The van der Waals surface area contributed by atoms with Crippen LogP contribution >= 0.6 is 0 Å². The first-order valence-electron chi connectivity index (χ1n) is 19.9. The quantitative estimate of drug-likeness (QED) is 0.123. The predicted molar refractivity (Wildman–Crippen MR) is 217 cm³/mol. The number of alkyl halides is 6. The van der Waals surface area contributed by atoms with Gasteiger partial charge >= 0.3 is 23.6 Å². The summed E-state index contributed by atoms with van der Waals surface area (Å²) >= 11 is 0. The van der Waals surface area contributed by atoms with Crippen LogP contribution in [0, 0.1) is 23.7 Å². The molecule has 0 spiro atoms. The van der Waals surface area contributed by atoms with Gasteiger partial charge in [-0.2, -0.15) is 26.3 Å². The minimum absolute atomic E-state index is 0.0299. The summed E-state index contributed by atoms with van der Waals surface area (Å²) in [6.07, 6.45) is -9.03. The number of ether oxygens (including phenoxy) is 2. The minimum Gasteiger partial charge on any atom is -0.488 e. The summed E-state index contributed by atoms with van der Waals surface area (Å²) in [6.45, 7) is 14.6. The molecule has 1 fully saturated rings. The van der Waals surface area contributed by atoms with Gasteiger partial charge in [-0.15, -0.1) is 0 Å². The number of aryl methyl sites for hydroxylation is 1. The summed E-state index contributed by atoms with van der Waals surface area (Å²) in [4.78, 5) is 26.4.